The van der Waals surface area contributed by atoms with Crippen LogP contribution < -0.4 is 14.8 Å². The molecule has 0 saturated heterocycles. The maximum atomic E-state index is 9.28. The summed E-state index contributed by atoms with van der Waals surface area (Å²) in [7, 11) is 1.61. The van der Waals surface area contributed by atoms with Crippen molar-refractivity contribution in [3.63, 3.8) is 0 Å². The number of halogens is 1. The van der Waals surface area contributed by atoms with Crippen LogP contribution in [-0.4, -0.2) is 24.9 Å². The van der Waals surface area contributed by atoms with Crippen molar-refractivity contribution in [2.24, 2.45) is 0 Å². The number of rotatable bonds is 9. The zero-order valence-corrected chi connectivity index (χ0v) is 15.8. The monoisotopic (exact) mass is 363 g/mol. The van der Waals surface area contributed by atoms with Gasteiger partial charge in [-0.25, -0.2) is 0 Å². The molecule has 0 heterocycles. The lowest BCUT2D eigenvalue weighted by Crippen LogP contribution is -2.31. The first-order valence-corrected chi connectivity index (χ1v) is 8.84. The van der Waals surface area contributed by atoms with Crippen LogP contribution in [0.5, 0.6) is 11.5 Å². The summed E-state index contributed by atoms with van der Waals surface area (Å²) in [4.78, 5) is 0. The quantitative estimate of drug-likeness (QED) is 0.704. The summed E-state index contributed by atoms with van der Waals surface area (Å²) in [5.41, 5.74) is 3.20. The lowest BCUT2D eigenvalue weighted by Gasteiger charge is -2.17. The van der Waals surface area contributed by atoms with E-state index in [1.165, 1.54) is 5.56 Å². The number of aryl methyl sites for hydroxylation is 1. The minimum Gasteiger partial charge on any atom is -0.493 e. The molecule has 2 aromatic carbocycles. The van der Waals surface area contributed by atoms with E-state index in [9.17, 15) is 5.11 Å². The van der Waals surface area contributed by atoms with Gasteiger partial charge in [0.15, 0.2) is 11.5 Å². The third-order valence-electron chi connectivity index (χ3n) is 4.10. The van der Waals surface area contributed by atoms with Crippen LogP contribution >= 0.6 is 11.6 Å². The normalized spacial score (nSPS) is 12.0. The van der Waals surface area contributed by atoms with E-state index in [1.54, 1.807) is 13.2 Å². The molecule has 0 aliphatic carbocycles. The fourth-order valence-electron chi connectivity index (χ4n) is 2.54. The standard InChI is InChI=1S/C20H26ClNO3/c1-4-17(12-23)22-11-16-9-19(24-3)20(10-18(16)21)25-13-15-7-5-6-14(2)8-15/h5-10,17,22-23H,4,11-13H2,1-3H3. The van der Waals surface area contributed by atoms with Crippen molar-refractivity contribution in [3.05, 3.63) is 58.1 Å². The lowest BCUT2D eigenvalue weighted by atomic mass is 10.1. The predicted octanol–water partition coefficient (Wildman–Crippen LogP) is 4.10. The summed E-state index contributed by atoms with van der Waals surface area (Å²) in [6, 6.07) is 11.9. The van der Waals surface area contributed by atoms with Crippen LogP contribution in [0.1, 0.15) is 30.0 Å². The van der Waals surface area contributed by atoms with Crippen molar-refractivity contribution in [1.82, 2.24) is 5.32 Å². The Bertz CT molecular complexity index is 687. The van der Waals surface area contributed by atoms with Crippen molar-refractivity contribution in [2.75, 3.05) is 13.7 Å². The third kappa shape index (κ3) is 5.63. The van der Waals surface area contributed by atoms with Crippen molar-refractivity contribution >= 4 is 11.6 Å². The molecule has 1 unspecified atom stereocenters. The van der Waals surface area contributed by atoms with Gasteiger partial charge >= 0.3 is 0 Å². The van der Waals surface area contributed by atoms with Crippen molar-refractivity contribution < 1.29 is 14.6 Å². The third-order valence-corrected chi connectivity index (χ3v) is 4.46. The molecule has 0 spiro atoms. The first-order chi connectivity index (χ1) is 12.1. The second-order valence-electron chi connectivity index (χ2n) is 6.04. The highest BCUT2D eigenvalue weighted by molar-refractivity contribution is 6.31. The van der Waals surface area contributed by atoms with Crippen molar-refractivity contribution in [2.45, 2.75) is 39.5 Å². The fraction of sp³-hybridized carbons (Fsp3) is 0.400. The molecule has 2 rings (SSSR count). The fourth-order valence-corrected chi connectivity index (χ4v) is 2.76. The highest BCUT2D eigenvalue weighted by Gasteiger charge is 2.12. The van der Waals surface area contributed by atoms with Crippen LogP contribution in [0, 0.1) is 6.92 Å². The van der Waals surface area contributed by atoms with Gasteiger partial charge in [-0.2, -0.15) is 0 Å². The number of nitrogens with one attached hydrogen (secondary N) is 1. The molecule has 0 aliphatic heterocycles. The molecule has 0 amide bonds. The summed E-state index contributed by atoms with van der Waals surface area (Å²) in [5.74, 6) is 1.26. The molecule has 0 aliphatic rings. The average molecular weight is 364 g/mol. The van der Waals surface area contributed by atoms with Gasteiger partial charge in [-0.05, 0) is 30.5 Å². The topological polar surface area (TPSA) is 50.7 Å². The van der Waals surface area contributed by atoms with Gasteiger partial charge < -0.3 is 19.9 Å². The van der Waals surface area contributed by atoms with E-state index >= 15 is 0 Å². The smallest absolute Gasteiger partial charge is 0.163 e. The molecule has 136 valence electrons. The van der Waals surface area contributed by atoms with Crippen LogP contribution in [0.3, 0.4) is 0 Å². The first kappa shape index (κ1) is 19.6. The highest BCUT2D eigenvalue weighted by atomic mass is 35.5. The Kier molecular flexibility index (Phi) is 7.56. The number of aliphatic hydroxyl groups is 1. The molecule has 2 aromatic rings. The Morgan fingerprint density at radius 1 is 1.20 bits per heavy atom. The second kappa shape index (κ2) is 9.66. The predicted molar refractivity (Wildman–Crippen MR) is 102 cm³/mol. The molecule has 5 heteroatoms. The molecule has 4 nitrogen and oxygen atoms in total. The molecule has 25 heavy (non-hydrogen) atoms. The highest BCUT2D eigenvalue weighted by Crippen LogP contribution is 2.34. The Labute approximate surface area is 154 Å². The van der Waals surface area contributed by atoms with Gasteiger partial charge in [-0.15, -0.1) is 0 Å². The van der Waals surface area contributed by atoms with E-state index in [0.717, 1.165) is 17.5 Å². The van der Waals surface area contributed by atoms with Crippen LogP contribution in [0.2, 0.25) is 5.02 Å². The minimum absolute atomic E-state index is 0.0549. The zero-order chi connectivity index (χ0) is 18.2. The van der Waals surface area contributed by atoms with E-state index in [4.69, 9.17) is 21.1 Å². The summed E-state index contributed by atoms with van der Waals surface area (Å²) < 4.78 is 11.4. The number of hydrogen-bond donors (Lipinski definition) is 2. The zero-order valence-electron chi connectivity index (χ0n) is 15.0. The second-order valence-corrected chi connectivity index (χ2v) is 6.45. The van der Waals surface area contributed by atoms with Crippen LogP contribution in [-0.2, 0) is 13.2 Å². The molecule has 2 N–H and O–H groups in total. The Morgan fingerprint density at radius 3 is 2.64 bits per heavy atom. The molecule has 1 atom stereocenters. The summed E-state index contributed by atoms with van der Waals surface area (Å²) in [5, 5.41) is 13.2. The minimum atomic E-state index is 0.0549. The molecule has 0 bridgehead atoms. The molecule has 0 saturated carbocycles. The van der Waals surface area contributed by atoms with Crippen LogP contribution in [0.15, 0.2) is 36.4 Å². The number of aliphatic hydroxyl groups excluding tert-OH is 1. The van der Waals surface area contributed by atoms with Gasteiger partial charge in [0, 0.05) is 23.7 Å². The van der Waals surface area contributed by atoms with E-state index in [1.807, 2.05) is 25.1 Å². The Morgan fingerprint density at radius 2 is 2.00 bits per heavy atom. The van der Waals surface area contributed by atoms with E-state index in [0.29, 0.717) is 29.7 Å². The number of hydrogen-bond acceptors (Lipinski definition) is 4. The Balaban J connectivity index is 2.10. The van der Waals surface area contributed by atoms with Crippen LogP contribution in [0.25, 0.3) is 0 Å². The molecular weight excluding hydrogens is 338 g/mol. The van der Waals surface area contributed by atoms with Crippen LogP contribution in [0.4, 0.5) is 0 Å². The summed E-state index contributed by atoms with van der Waals surface area (Å²) >= 11 is 6.40. The molecular formula is C20H26ClNO3. The lowest BCUT2D eigenvalue weighted by molar-refractivity contribution is 0.238. The van der Waals surface area contributed by atoms with Gasteiger partial charge in [0.25, 0.3) is 0 Å². The molecule has 0 aromatic heterocycles. The Hall–Kier alpha value is -1.75. The number of benzene rings is 2. The average Bonchev–Trinajstić information content (AvgIpc) is 2.62. The largest absolute Gasteiger partial charge is 0.493 e. The summed E-state index contributed by atoms with van der Waals surface area (Å²) in [6.07, 6.45) is 0.850. The van der Waals surface area contributed by atoms with Crippen molar-refractivity contribution in [1.29, 1.82) is 0 Å². The van der Waals surface area contributed by atoms with E-state index in [2.05, 4.69) is 24.4 Å². The number of ether oxygens (including phenoxy) is 2. The van der Waals surface area contributed by atoms with E-state index < -0.39 is 0 Å². The van der Waals surface area contributed by atoms with Gasteiger partial charge in [-0.1, -0.05) is 48.4 Å². The van der Waals surface area contributed by atoms with Crippen molar-refractivity contribution in [3.8, 4) is 11.5 Å². The number of methoxy groups -OCH3 is 1. The van der Waals surface area contributed by atoms with Gasteiger partial charge in [0.05, 0.1) is 13.7 Å². The molecule has 0 radical (unpaired) electrons. The molecule has 0 fully saturated rings. The summed E-state index contributed by atoms with van der Waals surface area (Å²) in [6.45, 7) is 5.20. The maximum absolute atomic E-state index is 9.28. The van der Waals surface area contributed by atoms with Gasteiger partial charge in [0.1, 0.15) is 6.61 Å². The van der Waals surface area contributed by atoms with E-state index in [-0.39, 0.29) is 12.6 Å². The first-order valence-electron chi connectivity index (χ1n) is 8.46. The maximum Gasteiger partial charge on any atom is 0.163 e. The van der Waals surface area contributed by atoms with Gasteiger partial charge in [-0.3, -0.25) is 0 Å². The SMILES string of the molecule is CCC(CO)NCc1cc(OC)c(OCc2cccc(C)c2)cc1Cl. The van der Waals surface area contributed by atoms with Gasteiger partial charge in [0.2, 0.25) is 0 Å².